The van der Waals surface area contributed by atoms with Crippen molar-refractivity contribution in [3.8, 4) is 0 Å². The van der Waals surface area contributed by atoms with Crippen LogP contribution >= 0.6 is 0 Å². The Balaban J connectivity index is 4.44. The molecular weight excluding hydrogens is 470 g/mol. The smallest absolute Gasteiger partial charge is 0.222 e. The zero-order valence-corrected chi connectivity index (χ0v) is 22.2. The van der Waals surface area contributed by atoms with Gasteiger partial charge in [0.2, 0.25) is 17.7 Å². The molecule has 11 heteroatoms. The zero-order chi connectivity index (χ0) is 26.9. The minimum absolute atomic E-state index is 0.0826. The first-order chi connectivity index (χ1) is 17.5. The number of carbonyl (C=O) groups is 3. The van der Waals surface area contributed by atoms with Crippen molar-refractivity contribution < 1.29 is 39.1 Å². The van der Waals surface area contributed by atoms with Crippen LogP contribution in [0, 0.1) is 5.92 Å². The molecule has 0 aromatic carbocycles. The molecule has 2 atom stereocenters. The van der Waals surface area contributed by atoms with Crippen molar-refractivity contribution in [2.24, 2.45) is 5.92 Å². The average molecular weight is 520 g/mol. The lowest BCUT2D eigenvalue weighted by Gasteiger charge is -2.19. The van der Waals surface area contributed by atoms with Crippen LogP contribution in [0.4, 0.5) is 0 Å². The quantitative estimate of drug-likeness (QED) is 0.0694. The summed E-state index contributed by atoms with van der Waals surface area (Å²) in [5.41, 5.74) is 0. The van der Waals surface area contributed by atoms with E-state index in [4.69, 9.17) is 14.7 Å². The van der Waals surface area contributed by atoms with Gasteiger partial charge in [-0.1, -0.05) is 6.42 Å². The molecule has 212 valence electrons. The molecule has 11 nitrogen and oxygen atoms in total. The Bertz CT molecular complexity index is 565. The summed E-state index contributed by atoms with van der Waals surface area (Å²) >= 11 is 0. The molecule has 0 aromatic rings. The van der Waals surface area contributed by atoms with Crippen LogP contribution in [0.15, 0.2) is 0 Å². The maximum absolute atomic E-state index is 12.5. The lowest BCUT2D eigenvalue weighted by molar-refractivity contribution is -0.242. The highest BCUT2D eigenvalue weighted by Gasteiger charge is 2.18. The fraction of sp³-hybridized carbons (Fsp3) is 0.880. The lowest BCUT2D eigenvalue weighted by Crippen LogP contribution is -2.40. The molecule has 5 N–H and O–H groups in total. The molecule has 0 aliphatic heterocycles. The van der Waals surface area contributed by atoms with Gasteiger partial charge in [-0.05, 0) is 51.4 Å². The number of ether oxygens (including phenoxy) is 2. The van der Waals surface area contributed by atoms with Gasteiger partial charge in [0.05, 0.1) is 13.2 Å². The van der Waals surface area contributed by atoms with Crippen LogP contribution in [0.2, 0.25) is 0 Å². The van der Waals surface area contributed by atoms with Crippen LogP contribution < -0.4 is 16.0 Å². The summed E-state index contributed by atoms with van der Waals surface area (Å²) < 4.78 is 10.1. The predicted molar refractivity (Wildman–Crippen MR) is 136 cm³/mol. The van der Waals surface area contributed by atoms with Gasteiger partial charge in [0.1, 0.15) is 0 Å². The maximum atomic E-state index is 12.5. The minimum Gasteiger partial charge on any atom is -0.396 e. The van der Waals surface area contributed by atoms with E-state index in [1.54, 1.807) is 14.2 Å². The van der Waals surface area contributed by atoms with Gasteiger partial charge in [-0.3, -0.25) is 19.6 Å². The number of amides is 3. The van der Waals surface area contributed by atoms with Crippen LogP contribution in [-0.2, 0) is 28.7 Å². The Hall–Kier alpha value is -1.79. The average Bonchev–Trinajstić information content (AvgIpc) is 2.86. The van der Waals surface area contributed by atoms with Gasteiger partial charge in [0.25, 0.3) is 0 Å². The van der Waals surface area contributed by atoms with Crippen LogP contribution in [0.3, 0.4) is 0 Å². The summed E-state index contributed by atoms with van der Waals surface area (Å²) in [7, 11) is 3.23. The first-order valence-electron chi connectivity index (χ1n) is 13.1. The van der Waals surface area contributed by atoms with E-state index in [2.05, 4.69) is 20.8 Å². The molecule has 3 amide bonds. The Morgan fingerprint density at radius 2 is 1.44 bits per heavy atom. The van der Waals surface area contributed by atoms with E-state index in [9.17, 15) is 19.5 Å². The summed E-state index contributed by atoms with van der Waals surface area (Å²) in [5, 5.41) is 26.2. The van der Waals surface area contributed by atoms with Gasteiger partial charge in [0, 0.05) is 71.7 Å². The van der Waals surface area contributed by atoms with Gasteiger partial charge in [0.15, 0.2) is 0 Å². The fourth-order valence-corrected chi connectivity index (χ4v) is 3.69. The molecule has 0 saturated carbocycles. The SMILES string of the molecule is COCCCCC(=O)NC(CCC(=O)NCCCCCOO)CC(=O)NCCCCC(CO)COC. The molecule has 0 heterocycles. The van der Waals surface area contributed by atoms with Crippen molar-refractivity contribution in [2.75, 3.05) is 53.7 Å². The number of rotatable bonds is 25. The molecule has 0 aliphatic rings. The number of hydrogen-bond donors (Lipinski definition) is 5. The molecular formula is C25H49N3O8. The van der Waals surface area contributed by atoms with Gasteiger partial charge in [-0.25, -0.2) is 4.89 Å². The Labute approximate surface area is 215 Å². The molecule has 0 fully saturated rings. The summed E-state index contributed by atoms with van der Waals surface area (Å²) in [6.07, 6.45) is 7.32. The van der Waals surface area contributed by atoms with Gasteiger partial charge >= 0.3 is 0 Å². The normalized spacial score (nSPS) is 12.7. The second-order valence-corrected chi connectivity index (χ2v) is 9.05. The van der Waals surface area contributed by atoms with E-state index < -0.39 is 6.04 Å². The second kappa shape index (κ2) is 24.9. The number of hydrogen-bond acceptors (Lipinski definition) is 8. The Morgan fingerprint density at radius 1 is 0.750 bits per heavy atom. The molecule has 2 unspecified atom stereocenters. The third kappa shape index (κ3) is 21.5. The van der Waals surface area contributed by atoms with Crippen LogP contribution in [0.1, 0.15) is 77.0 Å². The fourth-order valence-electron chi connectivity index (χ4n) is 3.69. The van der Waals surface area contributed by atoms with Crippen molar-refractivity contribution >= 4 is 17.7 Å². The Morgan fingerprint density at radius 3 is 2.11 bits per heavy atom. The highest BCUT2D eigenvalue weighted by molar-refractivity contribution is 5.80. The number of nitrogens with one attached hydrogen (secondary N) is 3. The number of aliphatic hydroxyl groups excluding tert-OH is 1. The Kier molecular flexibility index (Phi) is 23.6. The molecule has 0 saturated heterocycles. The molecule has 0 aromatic heterocycles. The van der Waals surface area contributed by atoms with E-state index in [0.717, 1.165) is 44.9 Å². The summed E-state index contributed by atoms with van der Waals surface area (Å²) in [6.45, 7) is 2.52. The van der Waals surface area contributed by atoms with E-state index in [1.807, 2.05) is 0 Å². The van der Waals surface area contributed by atoms with Gasteiger partial charge in [-0.2, -0.15) is 0 Å². The van der Waals surface area contributed by atoms with Crippen molar-refractivity contribution in [2.45, 2.75) is 83.1 Å². The minimum atomic E-state index is -0.423. The zero-order valence-electron chi connectivity index (χ0n) is 22.2. The van der Waals surface area contributed by atoms with E-state index in [0.29, 0.717) is 45.6 Å². The molecule has 0 aliphatic carbocycles. The third-order valence-electron chi connectivity index (χ3n) is 5.78. The molecule has 0 rings (SSSR count). The van der Waals surface area contributed by atoms with Gasteiger partial charge < -0.3 is 30.5 Å². The second-order valence-electron chi connectivity index (χ2n) is 9.05. The summed E-state index contributed by atoms with van der Waals surface area (Å²) in [5.74, 6) is -0.317. The van der Waals surface area contributed by atoms with Crippen LogP contribution in [-0.4, -0.2) is 87.9 Å². The van der Waals surface area contributed by atoms with E-state index in [1.165, 1.54) is 0 Å². The highest BCUT2D eigenvalue weighted by atomic mass is 17.1. The standard InChI is InChI=1S/C25H49N3O8/c1-34-16-9-5-11-24(31)28-22(12-13-23(30)26-14-6-3-8-17-36-33)18-25(32)27-15-7-4-10-21(19-29)20-35-2/h21-22,29,33H,3-20H2,1-2H3,(H,26,30)(H,27,32)(H,28,31). The van der Waals surface area contributed by atoms with E-state index >= 15 is 0 Å². The topological polar surface area (TPSA) is 155 Å². The summed E-state index contributed by atoms with van der Waals surface area (Å²) in [4.78, 5) is 41.0. The van der Waals surface area contributed by atoms with Crippen LogP contribution in [0.25, 0.3) is 0 Å². The first-order valence-corrected chi connectivity index (χ1v) is 13.1. The molecule has 36 heavy (non-hydrogen) atoms. The first kappa shape index (κ1) is 34.2. The van der Waals surface area contributed by atoms with E-state index in [-0.39, 0.29) is 49.7 Å². The molecule has 0 spiro atoms. The highest BCUT2D eigenvalue weighted by Crippen LogP contribution is 2.09. The predicted octanol–water partition coefficient (Wildman–Crippen LogP) is 1.78. The lowest BCUT2D eigenvalue weighted by atomic mass is 10.0. The third-order valence-corrected chi connectivity index (χ3v) is 5.78. The van der Waals surface area contributed by atoms with Crippen molar-refractivity contribution in [3.63, 3.8) is 0 Å². The van der Waals surface area contributed by atoms with Gasteiger partial charge in [-0.15, -0.1) is 0 Å². The maximum Gasteiger partial charge on any atom is 0.222 e. The largest absolute Gasteiger partial charge is 0.396 e. The molecule has 0 bridgehead atoms. The molecule has 0 radical (unpaired) electrons. The van der Waals surface area contributed by atoms with Crippen molar-refractivity contribution in [3.05, 3.63) is 0 Å². The number of methoxy groups -OCH3 is 2. The number of unbranched alkanes of at least 4 members (excludes halogenated alkanes) is 4. The van der Waals surface area contributed by atoms with Crippen LogP contribution in [0.5, 0.6) is 0 Å². The summed E-state index contributed by atoms with van der Waals surface area (Å²) in [6, 6.07) is -0.423. The number of aliphatic hydroxyl groups is 1. The van der Waals surface area contributed by atoms with Crippen molar-refractivity contribution in [1.29, 1.82) is 0 Å². The van der Waals surface area contributed by atoms with Crippen molar-refractivity contribution in [1.82, 2.24) is 16.0 Å². The number of carbonyl (C=O) groups excluding carboxylic acids is 3. The monoisotopic (exact) mass is 519 g/mol.